The summed E-state index contributed by atoms with van der Waals surface area (Å²) in [6.07, 6.45) is 3.23. The quantitative estimate of drug-likeness (QED) is 0.631. The van der Waals surface area contributed by atoms with E-state index in [1.54, 1.807) is 12.3 Å². The Morgan fingerprint density at radius 3 is 2.33 bits per heavy atom. The Morgan fingerprint density at radius 1 is 1.07 bits per heavy atom. The second-order valence-corrected chi connectivity index (χ2v) is 6.59. The predicted octanol–water partition coefficient (Wildman–Crippen LogP) is 4.60. The first-order valence-electron chi connectivity index (χ1n) is 9.14. The molecule has 0 spiro atoms. The number of carbonyl (C=O) groups excluding carboxylic acids is 1. The third kappa shape index (κ3) is 5.12. The van der Waals surface area contributed by atoms with Crippen LogP contribution in [0.5, 0.6) is 11.5 Å². The van der Waals surface area contributed by atoms with Gasteiger partial charge in [-0.2, -0.15) is 0 Å². The molecule has 0 unspecified atom stereocenters. The fraction of sp³-hybridized carbons (Fsp3) is 0.429. The zero-order chi connectivity index (χ0) is 20.0. The summed E-state index contributed by atoms with van der Waals surface area (Å²) in [7, 11) is 1.36. The van der Waals surface area contributed by atoms with Gasteiger partial charge in [0.1, 0.15) is 5.56 Å². The third-order valence-corrected chi connectivity index (χ3v) is 3.77. The van der Waals surface area contributed by atoms with E-state index < -0.39 is 5.97 Å². The standard InChI is InChI=1S/C21H28N2O4/c1-7-23(18-10-11-22-13-17(18)21(24)25-6)16-8-9-19(26-14(2)3)20(12-16)27-15(4)5/h8-15H,7H2,1-6H3. The number of aromatic nitrogens is 1. The lowest BCUT2D eigenvalue weighted by Gasteiger charge is -2.26. The first-order chi connectivity index (χ1) is 12.9. The van der Waals surface area contributed by atoms with Crippen molar-refractivity contribution >= 4 is 17.3 Å². The molecule has 0 fully saturated rings. The molecule has 0 amide bonds. The van der Waals surface area contributed by atoms with Crippen molar-refractivity contribution in [2.75, 3.05) is 18.6 Å². The van der Waals surface area contributed by atoms with Gasteiger partial charge in [-0.05, 0) is 52.8 Å². The van der Waals surface area contributed by atoms with Crippen LogP contribution >= 0.6 is 0 Å². The highest BCUT2D eigenvalue weighted by atomic mass is 16.5. The molecule has 0 radical (unpaired) electrons. The maximum atomic E-state index is 12.1. The van der Waals surface area contributed by atoms with Gasteiger partial charge in [0, 0.05) is 30.7 Å². The van der Waals surface area contributed by atoms with Crippen molar-refractivity contribution in [1.29, 1.82) is 0 Å². The Balaban J connectivity index is 2.50. The smallest absolute Gasteiger partial charge is 0.341 e. The van der Waals surface area contributed by atoms with Gasteiger partial charge in [-0.15, -0.1) is 0 Å². The summed E-state index contributed by atoms with van der Waals surface area (Å²) in [5, 5.41) is 0. The molecule has 0 saturated heterocycles. The number of nitrogens with zero attached hydrogens (tertiary/aromatic N) is 2. The van der Waals surface area contributed by atoms with E-state index in [-0.39, 0.29) is 12.2 Å². The summed E-state index contributed by atoms with van der Waals surface area (Å²) in [5.74, 6) is 0.944. The molecule has 0 bridgehead atoms. The number of rotatable bonds is 8. The molecule has 0 atom stereocenters. The lowest BCUT2D eigenvalue weighted by molar-refractivity contribution is 0.0601. The van der Waals surface area contributed by atoms with Crippen molar-refractivity contribution < 1.29 is 19.0 Å². The second-order valence-electron chi connectivity index (χ2n) is 6.59. The Labute approximate surface area is 161 Å². The highest BCUT2D eigenvalue weighted by Crippen LogP contribution is 2.36. The molecule has 0 aliphatic heterocycles. The van der Waals surface area contributed by atoms with E-state index in [4.69, 9.17) is 14.2 Å². The number of anilines is 2. The highest BCUT2D eigenvalue weighted by molar-refractivity contribution is 5.96. The zero-order valence-corrected chi connectivity index (χ0v) is 16.9. The summed E-state index contributed by atoms with van der Waals surface area (Å²) < 4.78 is 16.7. The molecule has 0 aliphatic carbocycles. The summed E-state index contributed by atoms with van der Waals surface area (Å²) in [5.41, 5.74) is 2.03. The molecule has 6 heteroatoms. The van der Waals surface area contributed by atoms with Crippen molar-refractivity contribution in [3.05, 3.63) is 42.2 Å². The summed E-state index contributed by atoms with van der Waals surface area (Å²) >= 11 is 0. The fourth-order valence-electron chi connectivity index (χ4n) is 2.74. The van der Waals surface area contributed by atoms with Crippen LogP contribution < -0.4 is 14.4 Å². The number of pyridine rings is 1. The van der Waals surface area contributed by atoms with E-state index >= 15 is 0 Å². The Kier molecular flexibility index (Phi) is 7.05. The van der Waals surface area contributed by atoms with Crippen LogP contribution in [0, 0.1) is 0 Å². The Hall–Kier alpha value is -2.76. The predicted molar refractivity (Wildman–Crippen MR) is 106 cm³/mol. The van der Waals surface area contributed by atoms with E-state index in [9.17, 15) is 4.79 Å². The molecule has 6 nitrogen and oxygen atoms in total. The van der Waals surface area contributed by atoms with Crippen LogP contribution in [0.1, 0.15) is 45.0 Å². The second kappa shape index (κ2) is 9.26. The molecule has 146 valence electrons. The molecule has 2 aromatic rings. The summed E-state index contributed by atoms with van der Waals surface area (Å²) in [6, 6.07) is 7.59. The minimum absolute atomic E-state index is 0.0106. The maximum absolute atomic E-state index is 12.1. The van der Waals surface area contributed by atoms with Gasteiger partial charge in [-0.3, -0.25) is 4.98 Å². The van der Waals surface area contributed by atoms with E-state index in [1.165, 1.54) is 13.3 Å². The zero-order valence-electron chi connectivity index (χ0n) is 16.9. The minimum Gasteiger partial charge on any atom is -0.487 e. The summed E-state index contributed by atoms with van der Waals surface area (Å²) in [6.45, 7) is 10.6. The molecule has 2 rings (SSSR count). The number of hydrogen-bond acceptors (Lipinski definition) is 6. The number of carbonyl (C=O) groups is 1. The van der Waals surface area contributed by atoms with Crippen LogP contribution in [0.25, 0.3) is 0 Å². The van der Waals surface area contributed by atoms with E-state index in [0.717, 1.165) is 11.4 Å². The molecular formula is C21H28N2O4. The molecule has 1 heterocycles. The third-order valence-electron chi connectivity index (χ3n) is 3.77. The van der Waals surface area contributed by atoms with E-state index in [2.05, 4.69) is 4.98 Å². The molecule has 0 aliphatic rings. The largest absolute Gasteiger partial charge is 0.487 e. The average molecular weight is 372 g/mol. The first-order valence-corrected chi connectivity index (χ1v) is 9.14. The van der Waals surface area contributed by atoms with Crippen LogP contribution in [0.3, 0.4) is 0 Å². The first kappa shape index (κ1) is 20.6. The van der Waals surface area contributed by atoms with Crippen LogP contribution in [0.4, 0.5) is 11.4 Å². The maximum Gasteiger partial charge on any atom is 0.341 e. The molecule has 0 saturated carbocycles. The lowest BCUT2D eigenvalue weighted by atomic mass is 10.1. The molecule has 1 aromatic heterocycles. The number of benzene rings is 1. The average Bonchev–Trinajstić information content (AvgIpc) is 2.63. The highest BCUT2D eigenvalue weighted by Gasteiger charge is 2.19. The Morgan fingerprint density at radius 2 is 1.74 bits per heavy atom. The molecular weight excluding hydrogens is 344 g/mol. The van der Waals surface area contributed by atoms with Gasteiger partial charge in [-0.1, -0.05) is 0 Å². The van der Waals surface area contributed by atoms with Gasteiger partial charge in [0.05, 0.1) is 25.0 Å². The van der Waals surface area contributed by atoms with Crippen molar-refractivity contribution in [2.45, 2.75) is 46.8 Å². The molecule has 0 N–H and O–H groups in total. The lowest BCUT2D eigenvalue weighted by Crippen LogP contribution is -2.20. The van der Waals surface area contributed by atoms with Crippen molar-refractivity contribution in [1.82, 2.24) is 4.98 Å². The topological polar surface area (TPSA) is 60.9 Å². The van der Waals surface area contributed by atoms with E-state index in [0.29, 0.717) is 23.6 Å². The Bertz CT molecular complexity index is 775. The number of hydrogen-bond donors (Lipinski definition) is 0. The van der Waals surface area contributed by atoms with Crippen LogP contribution in [-0.2, 0) is 4.74 Å². The number of methoxy groups -OCH3 is 1. The van der Waals surface area contributed by atoms with Gasteiger partial charge >= 0.3 is 5.97 Å². The van der Waals surface area contributed by atoms with Gasteiger partial charge in [0.25, 0.3) is 0 Å². The normalized spacial score (nSPS) is 10.8. The van der Waals surface area contributed by atoms with Gasteiger partial charge in [-0.25, -0.2) is 4.79 Å². The van der Waals surface area contributed by atoms with Gasteiger partial charge in [0.2, 0.25) is 0 Å². The van der Waals surface area contributed by atoms with Gasteiger partial charge < -0.3 is 19.1 Å². The molecule has 27 heavy (non-hydrogen) atoms. The number of esters is 1. The van der Waals surface area contributed by atoms with Crippen molar-refractivity contribution in [3.8, 4) is 11.5 Å². The summed E-state index contributed by atoms with van der Waals surface area (Å²) in [4.78, 5) is 18.2. The monoisotopic (exact) mass is 372 g/mol. The number of ether oxygens (including phenoxy) is 3. The minimum atomic E-state index is -0.421. The SMILES string of the molecule is CCN(c1ccc(OC(C)C)c(OC(C)C)c1)c1ccncc1C(=O)OC. The molecule has 1 aromatic carbocycles. The van der Waals surface area contributed by atoms with Crippen LogP contribution in [0.15, 0.2) is 36.7 Å². The van der Waals surface area contributed by atoms with Crippen molar-refractivity contribution in [2.24, 2.45) is 0 Å². The van der Waals surface area contributed by atoms with Gasteiger partial charge in [0.15, 0.2) is 11.5 Å². The van der Waals surface area contributed by atoms with Crippen molar-refractivity contribution in [3.63, 3.8) is 0 Å². The van der Waals surface area contributed by atoms with Crippen LogP contribution in [0.2, 0.25) is 0 Å². The fourth-order valence-corrected chi connectivity index (χ4v) is 2.74. The van der Waals surface area contributed by atoms with E-state index in [1.807, 2.05) is 57.7 Å². The van der Waals surface area contributed by atoms with Crippen LogP contribution in [-0.4, -0.2) is 36.8 Å².